The summed E-state index contributed by atoms with van der Waals surface area (Å²) in [5.74, 6) is -0.0855. The molecule has 0 heterocycles. The molecule has 0 aliphatic heterocycles. The van der Waals surface area contributed by atoms with Crippen LogP contribution in [0.5, 0.6) is 0 Å². The SMILES string of the molecule is CC1=c2ccccc2=C(C)C1C(=O)Sc1ccccc1. The lowest BCUT2D eigenvalue weighted by atomic mass is 9.98. The number of benzene rings is 2. The van der Waals surface area contributed by atoms with Crippen molar-refractivity contribution in [1.29, 1.82) is 0 Å². The van der Waals surface area contributed by atoms with Crippen molar-refractivity contribution < 1.29 is 4.79 Å². The second-order valence-electron chi connectivity index (χ2n) is 5.08. The number of carbonyl (C=O) groups is 1. The monoisotopic (exact) mass is 280 g/mol. The molecular formula is C18H16OS. The third kappa shape index (κ3) is 2.20. The van der Waals surface area contributed by atoms with Crippen LogP contribution in [0.2, 0.25) is 0 Å². The Morgan fingerprint density at radius 3 is 1.90 bits per heavy atom. The number of fused-ring (bicyclic) bond motifs is 1. The molecular weight excluding hydrogens is 264 g/mol. The van der Waals surface area contributed by atoms with Crippen LogP contribution < -0.4 is 10.4 Å². The fourth-order valence-electron chi connectivity index (χ4n) is 2.82. The van der Waals surface area contributed by atoms with Gasteiger partial charge in [0.2, 0.25) is 5.12 Å². The molecule has 0 amide bonds. The Hall–Kier alpha value is -1.80. The van der Waals surface area contributed by atoms with Crippen molar-refractivity contribution in [3.8, 4) is 0 Å². The standard InChI is InChI=1S/C18H16OS/c1-12-15-10-6-7-11-16(15)13(2)17(12)18(19)20-14-8-4-3-5-9-14/h3-11,17H,1-2H3. The molecule has 1 aliphatic rings. The van der Waals surface area contributed by atoms with E-state index in [-0.39, 0.29) is 11.0 Å². The molecule has 0 spiro atoms. The van der Waals surface area contributed by atoms with Gasteiger partial charge in [-0.05, 0) is 36.4 Å². The first-order chi connectivity index (χ1) is 9.68. The van der Waals surface area contributed by atoms with Crippen molar-refractivity contribution in [3.63, 3.8) is 0 Å². The molecule has 1 nitrogen and oxygen atoms in total. The van der Waals surface area contributed by atoms with Crippen LogP contribution in [0.25, 0.3) is 11.1 Å². The van der Waals surface area contributed by atoms with E-state index in [2.05, 4.69) is 26.0 Å². The lowest BCUT2D eigenvalue weighted by Gasteiger charge is -2.12. The summed E-state index contributed by atoms with van der Waals surface area (Å²) >= 11 is 1.34. The van der Waals surface area contributed by atoms with Crippen LogP contribution in [-0.4, -0.2) is 5.12 Å². The van der Waals surface area contributed by atoms with Gasteiger partial charge < -0.3 is 0 Å². The fourth-order valence-corrected chi connectivity index (χ4v) is 3.82. The van der Waals surface area contributed by atoms with Crippen molar-refractivity contribution in [3.05, 3.63) is 65.0 Å². The van der Waals surface area contributed by atoms with Gasteiger partial charge in [0.05, 0.1) is 5.92 Å². The van der Waals surface area contributed by atoms with Gasteiger partial charge in [-0.25, -0.2) is 0 Å². The van der Waals surface area contributed by atoms with E-state index in [1.807, 2.05) is 42.5 Å². The largest absolute Gasteiger partial charge is 0.286 e. The second-order valence-corrected chi connectivity index (χ2v) is 6.16. The highest BCUT2D eigenvalue weighted by molar-refractivity contribution is 8.13. The molecule has 1 aliphatic carbocycles. The molecule has 2 aromatic carbocycles. The minimum atomic E-state index is -0.0855. The molecule has 2 aromatic rings. The molecule has 3 rings (SSSR count). The van der Waals surface area contributed by atoms with Crippen molar-refractivity contribution in [2.75, 3.05) is 0 Å². The molecule has 0 saturated carbocycles. The topological polar surface area (TPSA) is 17.1 Å². The van der Waals surface area contributed by atoms with Crippen LogP contribution in [0.15, 0.2) is 59.5 Å². The Kier molecular flexibility index (Phi) is 3.49. The first-order valence-corrected chi connectivity index (χ1v) is 7.53. The number of hydrogen-bond donors (Lipinski definition) is 0. The molecule has 0 radical (unpaired) electrons. The van der Waals surface area contributed by atoms with Gasteiger partial charge in [-0.3, -0.25) is 4.79 Å². The summed E-state index contributed by atoms with van der Waals surface area (Å²) in [7, 11) is 0. The Balaban J connectivity index is 1.97. The van der Waals surface area contributed by atoms with Gasteiger partial charge >= 0.3 is 0 Å². The van der Waals surface area contributed by atoms with Gasteiger partial charge in [0.1, 0.15) is 0 Å². The number of rotatable bonds is 2. The van der Waals surface area contributed by atoms with E-state index in [1.165, 1.54) is 33.3 Å². The maximum Gasteiger partial charge on any atom is 0.204 e. The summed E-state index contributed by atoms with van der Waals surface area (Å²) in [4.78, 5) is 13.6. The molecule has 0 atom stereocenters. The molecule has 0 saturated heterocycles. The Bertz CT molecular complexity index is 734. The summed E-state index contributed by atoms with van der Waals surface area (Å²) in [5.41, 5.74) is 2.35. The van der Waals surface area contributed by atoms with Crippen LogP contribution >= 0.6 is 11.8 Å². The lowest BCUT2D eigenvalue weighted by molar-refractivity contribution is -0.111. The zero-order valence-electron chi connectivity index (χ0n) is 11.6. The summed E-state index contributed by atoms with van der Waals surface area (Å²) in [5, 5.41) is 2.65. The fraction of sp³-hybridized carbons (Fsp3) is 0.167. The van der Waals surface area contributed by atoms with Crippen LogP contribution in [0, 0.1) is 5.92 Å². The number of thioether (sulfide) groups is 1. The maximum absolute atomic E-state index is 12.6. The summed E-state index contributed by atoms with van der Waals surface area (Å²) in [6, 6.07) is 18.1. The minimum Gasteiger partial charge on any atom is -0.286 e. The maximum atomic E-state index is 12.6. The number of carbonyl (C=O) groups excluding carboxylic acids is 1. The van der Waals surface area contributed by atoms with E-state index in [1.54, 1.807) is 0 Å². The summed E-state index contributed by atoms with van der Waals surface area (Å²) in [6.07, 6.45) is 0. The van der Waals surface area contributed by atoms with Gasteiger partial charge in [0.15, 0.2) is 0 Å². The predicted molar refractivity (Wildman–Crippen MR) is 84.7 cm³/mol. The van der Waals surface area contributed by atoms with Gasteiger partial charge in [-0.15, -0.1) is 0 Å². The summed E-state index contributed by atoms with van der Waals surface area (Å²) in [6.45, 7) is 4.15. The lowest BCUT2D eigenvalue weighted by Crippen LogP contribution is -2.22. The van der Waals surface area contributed by atoms with Crippen LogP contribution in [0.1, 0.15) is 13.8 Å². The normalized spacial score (nSPS) is 14.5. The van der Waals surface area contributed by atoms with Crippen molar-refractivity contribution in [2.45, 2.75) is 18.7 Å². The molecule has 0 N–H and O–H groups in total. The molecule has 0 fully saturated rings. The first kappa shape index (κ1) is 13.2. The van der Waals surface area contributed by atoms with Crippen molar-refractivity contribution in [1.82, 2.24) is 0 Å². The van der Waals surface area contributed by atoms with E-state index in [9.17, 15) is 4.79 Å². The van der Waals surface area contributed by atoms with E-state index in [0.717, 1.165) is 4.90 Å². The summed E-state index contributed by atoms with van der Waals surface area (Å²) < 4.78 is 0. The van der Waals surface area contributed by atoms with Crippen molar-refractivity contribution >= 4 is 28.0 Å². The Morgan fingerprint density at radius 1 is 0.850 bits per heavy atom. The minimum absolute atomic E-state index is 0.0855. The highest BCUT2D eigenvalue weighted by Crippen LogP contribution is 2.31. The third-order valence-corrected chi connectivity index (χ3v) is 4.78. The van der Waals surface area contributed by atoms with Gasteiger partial charge in [0.25, 0.3) is 0 Å². The van der Waals surface area contributed by atoms with Crippen LogP contribution in [0.3, 0.4) is 0 Å². The highest BCUT2D eigenvalue weighted by Gasteiger charge is 2.27. The zero-order chi connectivity index (χ0) is 14.1. The molecule has 20 heavy (non-hydrogen) atoms. The first-order valence-electron chi connectivity index (χ1n) is 6.72. The quantitative estimate of drug-likeness (QED) is 0.787. The van der Waals surface area contributed by atoms with E-state index < -0.39 is 0 Å². The van der Waals surface area contributed by atoms with E-state index in [4.69, 9.17) is 0 Å². The smallest absolute Gasteiger partial charge is 0.204 e. The highest BCUT2D eigenvalue weighted by atomic mass is 32.2. The average Bonchev–Trinajstić information content (AvgIpc) is 2.72. The molecule has 0 unspecified atom stereocenters. The zero-order valence-corrected chi connectivity index (χ0v) is 12.4. The van der Waals surface area contributed by atoms with Gasteiger partial charge in [0, 0.05) is 4.90 Å². The molecule has 0 bridgehead atoms. The number of hydrogen-bond acceptors (Lipinski definition) is 2. The van der Waals surface area contributed by atoms with E-state index in [0.29, 0.717) is 0 Å². The Morgan fingerprint density at radius 2 is 1.35 bits per heavy atom. The third-order valence-electron chi connectivity index (χ3n) is 3.84. The average molecular weight is 280 g/mol. The predicted octanol–water partition coefficient (Wildman–Crippen LogP) is 2.98. The van der Waals surface area contributed by atoms with Gasteiger partial charge in [-0.1, -0.05) is 65.4 Å². The van der Waals surface area contributed by atoms with Crippen molar-refractivity contribution in [2.24, 2.45) is 5.92 Å². The molecule has 100 valence electrons. The van der Waals surface area contributed by atoms with Crippen LogP contribution in [-0.2, 0) is 4.79 Å². The molecule has 0 aromatic heterocycles. The Labute approximate surface area is 123 Å². The van der Waals surface area contributed by atoms with Gasteiger partial charge in [-0.2, -0.15) is 0 Å². The second kappa shape index (κ2) is 5.29. The van der Waals surface area contributed by atoms with E-state index >= 15 is 0 Å². The molecule has 2 heteroatoms. The van der Waals surface area contributed by atoms with Crippen LogP contribution in [0.4, 0.5) is 0 Å².